The highest BCUT2D eigenvalue weighted by Gasteiger charge is 2.18. The summed E-state index contributed by atoms with van der Waals surface area (Å²) in [6.07, 6.45) is 0.288. The molecule has 0 bridgehead atoms. The molecule has 0 aliphatic carbocycles. The van der Waals surface area contributed by atoms with Crippen LogP contribution in [0.1, 0.15) is 13.8 Å². The number of nitrogens with zero attached hydrogens (tertiary/aromatic N) is 4. The van der Waals surface area contributed by atoms with Crippen LogP contribution in [0.25, 0.3) is 0 Å². The lowest BCUT2D eigenvalue weighted by Crippen LogP contribution is -2.31. The Hall–Kier alpha value is -1.53. The number of aliphatic imine (C=N–C) groups is 2. The summed E-state index contributed by atoms with van der Waals surface area (Å²) < 4.78 is 24.4. The smallest absolute Gasteiger partial charge is 0.331 e. The van der Waals surface area contributed by atoms with Gasteiger partial charge in [0.1, 0.15) is 12.5 Å². The highest BCUT2D eigenvalue weighted by atomic mass is 19.3. The SMILES string of the molecule is C=NN(C(F)F)C(C)/N=C\N=C(/C)N. The molecule has 0 aromatic heterocycles. The fourth-order valence-corrected chi connectivity index (χ4v) is 0.632. The molecule has 0 amide bonds. The zero-order valence-corrected chi connectivity index (χ0v) is 8.06. The Morgan fingerprint density at radius 1 is 1.57 bits per heavy atom. The van der Waals surface area contributed by atoms with E-state index in [1.54, 1.807) is 6.92 Å². The molecule has 0 fully saturated rings. The second-order valence-electron chi connectivity index (χ2n) is 2.47. The number of hydrazone groups is 1. The molecule has 0 saturated carbocycles. The van der Waals surface area contributed by atoms with E-state index in [0.29, 0.717) is 10.8 Å². The van der Waals surface area contributed by atoms with Gasteiger partial charge in [-0.15, -0.1) is 0 Å². The van der Waals surface area contributed by atoms with Crippen LogP contribution in [0.2, 0.25) is 0 Å². The van der Waals surface area contributed by atoms with Gasteiger partial charge >= 0.3 is 6.55 Å². The Labute approximate surface area is 81.0 Å². The first-order valence-electron chi connectivity index (χ1n) is 3.83. The lowest BCUT2D eigenvalue weighted by Gasteiger charge is -2.20. The number of hydrogen-bond acceptors (Lipinski definition) is 3. The van der Waals surface area contributed by atoms with E-state index in [1.807, 2.05) is 0 Å². The third-order valence-corrected chi connectivity index (χ3v) is 1.29. The molecular formula is C7H13F2N5. The molecular weight excluding hydrogens is 192 g/mol. The molecule has 0 aliphatic rings. The van der Waals surface area contributed by atoms with Crippen LogP contribution in [0.15, 0.2) is 15.1 Å². The van der Waals surface area contributed by atoms with Gasteiger partial charge in [-0.3, -0.25) is 0 Å². The molecule has 0 aromatic carbocycles. The average Bonchev–Trinajstić information content (AvgIpc) is 2.03. The minimum absolute atomic E-state index is 0.302. The first kappa shape index (κ1) is 12.5. The molecule has 0 saturated heterocycles. The largest absolute Gasteiger partial charge is 0.387 e. The van der Waals surface area contributed by atoms with Gasteiger partial charge in [-0.05, 0) is 13.8 Å². The maximum absolute atomic E-state index is 12.2. The molecule has 14 heavy (non-hydrogen) atoms. The first-order valence-corrected chi connectivity index (χ1v) is 3.83. The minimum atomic E-state index is -2.73. The highest BCUT2D eigenvalue weighted by Crippen LogP contribution is 2.08. The summed E-state index contributed by atoms with van der Waals surface area (Å²) in [6.45, 7) is 3.28. The maximum atomic E-state index is 12.2. The van der Waals surface area contributed by atoms with E-state index in [9.17, 15) is 8.78 Å². The van der Waals surface area contributed by atoms with Crippen molar-refractivity contribution in [3.05, 3.63) is 0 Å². The minimum Gasteiger partial charge on any atom is -0.387 e. The molecule has 0 aliphatic heterocycles. The third-order valence-electron chi connectivity index (χ3n) is 1.29. The number of alkyl halides is 2. The Kier molecular flexibility index (Phi) is 5.35. The van der Waals surface area contributed by atoms with Gasteiger partial charge < -0.3 is 5.73 Å². The predicted molar refractivity (Wildman–Crippen MR) is 52.6 cm³/mol. The van der Waals surface area contributed by atoms with Gasteiger partial charge in [0.15, 0.2) is 0 Å². The highest BCUT2D eigenvalue weighted by molar-refractivity contribution is 5.85. The van der Waals surface area contributed by atoms with Crippen LogP contribution in [-0.4, -0.2) is 36.6 Å². The second kappa shape index (κ2) is 6.01. The quantitative estimate of drug-likeness (QED) is 0.313. The van der Waals surface area contributed by atoms with Crippen molar-refractivity contribution in [3.8, 4) is 0 Å². The van der Waals surface area contributed by atoms with E-state index in [1.165, 1.54) is 6.92 Å². The van der Waals surface area contributed by atoms with Crippen molar-refractivity contribution >= 4 is 18.9 Å². The molecule has 0 aromatic rings. The molecule has 1 unspecified atom stereocenters. The lowest BCUT2D eigenvalue weighted by molar-refractivity contribution is -0.0456. The summed E-state index contributed by atoms with van der Waals surface area (Å²) in [4.78, 5) is 7.29. The van der Waals surface area contributed by atoms with Gasteiger partial charge in [0.25, 0.3) is 0 Å². The fraction of sp³-hybridized carbons (Fsp3) is 0.571. The Morgan fingerprint density at radius 2 is 2.14 bits per heavy atom. The monoisotopic (exact) mass is 205 g/mol. The van der Waals surface area contributed by atoms with E-state index in [0.717, 1.165) is 6.34 Å². The summed E-state index contributed by atoms with van der Waals surface area (Å²) in [5.74, 6) is 0.302. The van der Waals surface area contributed by atoms with E-state index in [4.69, 9.17) is 5.73 Å². The molecule has 2 N–H and O–H groups in total. The second-order valence-corrected chi connectivity index (χ2v) is 2.47. The van der Waals surface area contributed by atoms with Crippen molar-refractivity contribution in [1.29, 1.82) is 0 Å². The summed E-state index contributed by atoms with van der Waals surface area (Å²) in [7, 11) is 0. The molecule has 1 atom stereocenters. The van der Waals surface area contributed by atoms with Crippen LogP contribution >= 0.6 is 0 Å². The standard InChI is InChI=1S/C7H13F2N5/c1-5(10)12-4-13-6(2)14(11-3)7(8)9/h4,6-7H,3H2,1-2H3,(H2,10,12,13). The number of amidine groups is 1. The van der Waals surface area contributed by atoms with E-state index < -0.39 is 12.7 Å². The molecule has 0 radical (unpaired) electrons. The van der Waals surface area contributed by atoms with Gasteiger partial charge in [0.05, 0.1) is 5.84 Å². The van der Waals surface area contributed by atoms with Gasteiger partial charge in [-0.25, -0.2) is 15.0 Å². The van der Waals surface area contributed by atoms with Crippen molar-refractivity contribution in [3.63, 3.8) is 0 Å². The van der Waals surface area contributed by atoms with Gasteiger partial charge in [-0.2, -0.15) is 13.9 Å². The fourth-order valence-electron chi connectivity index (χ4n) is 0.632. The molecule has 0 heterocycles. The maximum Gasteiger partial charge on any atom is 0.331 e. The Bertz CT molecular complexity index is 234. The Balaban J connectivity index is 4.31. The number of rotatable bonds is 5. The van der Waals surface area contributed by atoms with Crippen LogP contribution in [0.4, 0.5) is 8.78 Å². The third kappa shape index (κ3) is 4.48. The zero-order chi connectivity index (χ0) is 11.1. The summed E-state index contributed by atoms with van der Waals surface area (Å²) in [6, 6.07) is 0. The topological polar surface area (TPSA) is 66.3 Å². The van der Waals surface area contributed by atoms with Crippen LogP contribution in [-0.2, 0) is 0 Å². The predicted octanol–water partition coefficient (Wildman–Crippen LogP) is 0.878. The molecule has 0 spiro atoms. The number of nitrogens with two attached hydrogens (primary N) is 1. The summed E-state index contributed by atoms with van der Waals surface area (Å²) >= 11 is 0. The average molecular weight is 205 g/mol. The van der Waals surface area contributed by atoms with Crippen molar-refractivity contribution in [1.82, 2.24) is 5.01 Å². The molecule has 0 rings (SSSR count). The molecule has 5 nitrogen and oxygen atoms in total. The normalized spacial score (nSPS) is 14.8. The van der Waals surface area contributed by atoms with Crippen LogP contribution < -0.4 is 5.73 Å². The summed E-state index contributed by atoms with van der Waals surface area (Å²) in [5.41, 5.74) is 5.21. The zero-order valence-electron chi connectivity index (χ0n) is 8.06. The Morgan fingerprint density at radius 3 is 2.50 bits per heavy atom. The van der Waals surface area contributed by atoms with E-state index in [2.05, 4.69) is 21.8 Å². The van der Waals surface area contributed by atoms with E-state index in [-0.39, 0.29) is 0 Å². The van der Waals surface area contributed by atoms with Crippen molar-refractivity contribution in [2.45, 2.75) is 26.6 Å². The van der Waals surface area contributed by atoms with Crippen LogP contribution in [0.5, 0.6) is 0 Å². The van der Waals surface area contributed by atoms with Crippen molar-refractivity contribution in [2.75, 3.05) is 0 Å². The van der Waals surface area contributed by atoms with Gasteiger partial charge in [0.2, 0.25) is 0 Å². The first-order chi connectivity index (χ1) is 6.49. The van der Waals surface area contributed by atoms with Gasteiger partial charge in [-0.1, -0.05) is 0 Å². The summed E-state index contributed by atoms with van der Waals surface area (Å²) in [5, 5.41) is 3.58. The molecule has 7 heteroatoms. The van der Waals surface area contributed by atoms with Crippen LogP contribution in [0.3, 0.4) is 0 Å². The lowest BCUT2D eigenvalue weighted by atomic mass is 10.6. The number of halogens is 2. The molecule has 80 valence electrons. The van der Waals surface area contributed by atoms with Crippen molar-refractivity contribution < 1.29 is 8.78 Å². The number of hydrogen-bond donors (Lipinski definition) is 1. The van der Waals surface area contributed by atoms with Gasteiger partial charge in [0, 0.05) is 6.72 Å². The van der Waals surface area contributed by atoms with Crippen LogP contribution in [0, 0.1) is 0 Å². The van der Waals surface area contributed by atoms with E-state index >= 15 is 0 Å². The van der Waals surface area contributed by atoms with Crippen molar-refractivity contribution in [2.24, 2.45) is 20.8 Å².